The van der Waals surface area contributed by atoms with Gasteiger partial charge in [0, 0.05) is 18.2 Å². The first-order valence-corrected chi connectivity index (χ1v) is 10.7. The number of furan rings is 1. The van der Waals surface area contributed by atoms with Crippen molar-refractivity contribution in [2.75, 3.05) is 5.32 Å². The SMILES string of the molecule is O=C(NC(Cc1ccccc1)C(=O)Nc1ccc(Cl)c(C(=O)NC2CC2)c1)c1ccco1. The minimum atomic E-state index is -0.866. The minimum absolute atomic E-state index is 0.112. The second-order valence-electron chi connectivity index (χ2n) is 7.62. The van der Waals surface area contributed by atoms with E-state index in [-0.39, 0.29) is 29.7 Å². The van der Waals surface area contributed by atoms with Gasteiger partial charge in [0.2, 0.25) is 5.91 Å². The van der Waals surface area contributed by atoms with Gasteiger partial charge >= 0.3 is 0 Å². The van der Waals surface area contributed by atoms with Crippen LogP contribution in [0.15, 0.2) is 71.3 Å². The highest BCUT2D eigenvalue weighted by Gasteiger charge is 2.26. The van der Waals surface area contributed by atoms with Crippen LogP contribution in [0, 0.1) is 0 Å². The minimum Gasteiger partial charge on any atom is -0.459 e. The van der Waals surface area contributed by atoms with Crippen molar-refractivity contribution in [1.82, 2.24) is 10.6 Å². The highest BCUT2D eigenvalue weighted by atomic mass is 35.5. The van der Waals surface area contributed by atoms with Crippen molar-refractivity contribution in [2.24, 2.45) is 0 Å². The number of benzene rings is 2. The Balaban J connectivity index is 1.51. The van der Waals surface area contributed by atoms with E-state index in [1.807, 2.05) is 30.3 Å². The fourth-order valence-electron chi connectivity index (χ4n) is 3.19. The van der Waals surface area contributed by atoms with Crippen molar-refractivity contribution < 1.29 is 18.8 Å². The van der Waals surface area contributed by atoms with Crippen LogP contribution in [0.2, 0.25) is 5.02 Å². The third kappa shape index (κ3) is 5.56. The Morgan fingerprint density at radius 3 is 2.47 bits per heavy atom. The molecule has 32 heavy (non-hydrogen) atoms. The normalized spacial score (nSPS) is 13.8. The summed E-state index contributed by atoms with van der Waals surface area (Å²) in [6.45, 7) is 0. The van der Waals surface area contributed by atoms with Crippen molar-refractivity contribution in [3.63, 3.8) is 0 Å². The molecule has 1 aliphatic carbocycles. The molecule has 1 aliphatic rings. The summed E-state index contributed by atoms with van der Waals surface area (Å²) in [7, 11) is 0. The van der Waals surface area contributed by atoms with E-state index in [2.05, 4.69) is 16.0 Å². The molecule has 0 radical (unpaired) electrons. The molecular formula is C24H22ClN3O4. The molecule has 7 nitrogen and oxygen atoms in total. The molecule has 1 saturated carbocycles. The second-order valence-corrected chi connectivity index (χ2v) is 8.03. The highest BCUT2D eigenvalue weighted by Crippen LogP contribution is 2.24. The van der Waals surface area contributed by atoms with Gasteiger partial charge < -0.3 is 20.4 Å². The van der Waals surface area contributed by atoms with Crippen molar-refractivity contribution >= 4 is 35.0 Å². The van der Waals surface area contributed by atoms with Crippen LogP contribution in [0.4, 0.5) is 5.69 Å². The molecule has 0 bridgehead atoms. The average Bonchev–Trinajstić information content (AvgIpc) is 3.42. The van der Waals surface area contributed by atoms with E-state index in [1.54, 1.807) is 18.2 Å². The van der Waals surface area contributed by atoms with Crippen LogP contribution in [-0.4, -0.2) is 29.8 Å². The summed E-state index contributed by atoms with van der Waals surface area (Å²) in [4.78, 5) is 38.0. The number of carbonyl (C=O) groups excluding carboxylic acids is 3. The number of nitrogens with one attached hydrogen (secondary N) is 3. The molecule has 0 aliphatic heterocycles. The zero-order valence-corrected chi connectivity index (χ0v) is 17.9. The Hall–Kier alpha value is -3.58. The van der Waals surface area contributed by atoms with E-state index < -0.39 is 17.9 Å². The molecule has 0 spiro atoms. The molecule has 1 unspecified atom stereocenters. The molecule has 1 fully saturated rings. The summed E-state index contributed by atoms with van der Waals surface area (Å²) < 4.78 is 5.13. The zero-order valence-electron chi connectivity index (χ0n) is 17.1. The Morgan fingerprint density at radius 1 is 1.00 bits per heavy atom. The average molecular weight is 452 g/mol. The van der Waals surface area contributed by atoms with Gasteiger partial charge in [-0.2, -0.15) is 0 Å². The third-order valence-electron chi connectivity index (χ3n) is 5.04. The first kappa shape index (κ1) is 21.6. The second kappa shape index (κ2) is 9.70. The number of hydrogen-bond donors (Lipinski definition) is 3. The van der Waals surface area contributed by atoms with Gasteiger partial charge in [-0.05, 0) is 48.7 Å². The van der Waals surface area contributed by atoms with Crippen LogP contribution in [0.5, 0.6) is 0 Å². The smallest absolute Gasteiger partial charge is 0.287 e. The summed E-state index contributed by atoms with van der Waals surface area (Å²) in [5.74, 6) is -1.08. The summed E-state index contributed by atoms with van der Waals surface area (Å²) in [6.07, 6.45) is 3.58. The fourth-order valence-corrected chi connectivity index (χ4v) is 3.40. The van der Waals surface area contributed by atoms with E-state index >= 15 is 0 Å². The van der Waals surface area contributed by atoms with Crippen molar-refractivity contribution in [1.29, 1.82) is 0 Å². The number of halogens is 1. The Labute approximate surface area is 190 Å². The van der Waals surface area contributed by atoms with Gasteiger partial charge in [-0.15, -0.1) is 0 Å². The summed E-state index contributed by atoms with van der Waals surface area (Å²) in [5.41, 5.74) is 1.58. The molecule has 3 amide bonds. The largest absolute Gasteiger partial charge is 0.459 e. The number of rotatable bonds is 8. The molecule has 0 saturated heterocycles. The Kier molecular flexibility index (Phi) is 6.56. The quantitative estimate of drug-likeness (QED) is 0.485. The lowest BCUT2D eigenvalue weighted by Crippen LogP contribution is -2.45. The molecule has 3 aromatic rings. The molecule has 3 N–H and O–H groups in total. The van der Waals surface area contributed by atoms with E-state index in [4.69, 9.17) is 16.0 Å². The van der Waals surface area contributed by atoms with E-state index in [1.165, 1.54) is 18.4 Å². The van der Waals surface area contributed by atoms with Gasteiger partial charge in [0.25, 0.3) is 11.8 Å². The van der Waals surface area contributed by atoms with E-state index in [9.17, 15) is 14.4 Å². The monoisotopic (exact) mass is 451 g/mol. The van der Waals surface area contributed by atoms with Crippen molar-refractivity contribution in [2.45, 2.75) is 31.3 Å². The van der Waals surface area contributed by atoms with Gasteiger partial charge in [-0.25, -0.2) is 0 Å². The molecule has 1 aromatic heterocycles. The third-order valence-corrected chi connectivity index (χ3v) is 5.37. The van der Waals surface area contributed by atoms with Gasteiger partial charge in [0.15, 0.2) is 5.76 Å². The molecule has 164 valence electrons. The topological polar surface area (TPSA) is 100 Å². The van der Waals surface area contributed by atoms with Crippen LogP contribution in [-0.2, 0) is 11.2 Å². The van der Waals surface area contributed by atoms with Crippen molar-refractivity contribution in [3.8, 4) is 0 Å². The summed E-state index contributed by atoms with van der Waals surface area (Å²) in [5, 5.41) is 8.69. The number of hydrogen-bond acceptors (Lipinski definition) is 4. The Bertz CT molecular complexity index is 1110. The van der Waals surface area contributed by atoms with Crippen LogP contribution in [0.3, 0.4) is 0 Å². The predicted molar refractivity (Wildman–Crippen MR) is 121 cm³/mol. The number of anilines is 1. The van der Waals surface area contributed by atoms with Crippen LogP contribution in [0.25, 0.3) is 0 Å². The Morgan fingerprint density at radius 2 is 1.78 bits per heavy atom. The van der Waals surface area contributed by atoms with E-state index in [0.717, 1.165) is 18.4 Å². The van der Waals surface area contributed by atoms with Gasteiger partial charge in [0.05, 0.1) is 16.8 Å². The molecule has 1 heterocycles. The lowest BCUT2D eigenvalue weighted by atomic mass is 10.0. The van der Waals surface area contributed by atoms with Crippen LogP contribution in [0.1, 0.15) is 39.3 Å². The fraction of sp³-hybridized carbons (Fsp3) is 0.208. The summed E-state index contributed by atoms with van der Waals surface area (Å²) in [6, 6.07) is 16.5. The van der Waals surface area contributed by atoms with Gasteiger partial charge in [-0.3, -0.25) is 14.4 Å². The lowest BCUT2D eigenvalue weighted by Gasteiger charge is -2.18. The molecule has 1 atom stereocenters. The van der Waals surface area contributed by atoms with Crippen LogP contribution < -0.4 is 16.0 Å². The molecular weight excluding hydrogens is 430 g/mol. The lowest BCUT2D eigenvalue weighted by molar-refractivity contribution is -0.118. The molecule has 2 aromatic carbocycles. The maximum atomic E-state index is 13.1. The molecule has 4 rings (SSSR count). The van der Waals surface area contributed by atoms with Gasteiger partial charge in [0.1, 0.15) is 6.04 Å². The molecule has 8 heteroatoms. The van der Waals surface area contributed by atoms with Gasteiger partial charge in [-0.1, -0.05) is 41.9 Å². The maximum Gasteiger partial charge on any atom is 0.287 e. The summed E-state index contributed by atoms with van der Waals surface area (Å²) >= 11 is 6.19. The highest BCUT2D eigenvalue weighted by molar-refractivity contribution is 6.34. The first-order chi connectivity index (χ1) is 15.5. The number of carbonyl (C=O) groups is 3. The standard InChI is InChI=1S/C24H22ClN3O4/c25-19-11-10-17(14-18(19)22(29)26-16-8-9-16)27-23(30)20(13-15-5-2-1-3-6-15)28-24(31)21-7-4-12-32-21/h1-7,10-12,14,16,20H,8-9,13H2,(H,26,29)(H,27,30)(H,28,31). The van der Waals surface area contributed by atoms with Crippen molar-refractivity contribution in [3.05, 3.63) is 88.8 Å². The number of amides is 3. The zero-order chi connectivity index (χ0) is 22.5. The predicted octanol–water partition coefficient (Wildman–Crippen LogP) is 3.81. The van der Waals surface area contributed by atoms with Crippen LogP contribution >= 0.6 is 11.6 Å². The first-order valence-electron chi connectivity index (χ1n) is 10.3. The van der Waals surface area contributed by atoms with E-state index in [0.29, 0.717) is 10.7 Å². The maximum absolute atomic E-state index is 13.1.